The van der Waals surface area contributed by atoms with Crippen molar-refractivity contribution < 1.29 is 22.7 Å². The van der Waals surface area contributed by atoms with Gasteiger partial charge in [-0.1, -0.05) is 12.1 Å². The van der Waals surface area contributed by atoms with Crippen LogP contribution in [-0.2, 0) is 9.84 Å². The summed E-state index contributed by atoms with van der Waals surface area (Å²) in [6, 6.07) is 8.93. The van der Waals surface area contributed by atoms with Gasteiger partial charge in [0.15, 0.2) is 21.3 Å². The summed E-state index contributed by atoms with van der Waals surface area (Å²) in [6.07, 6.45) is 0.404. The molecule has 0 saturated carbocycles. The first kappa shape index (κ1) is 17.4. The van der Waals surface area contributed by atoms with E-state index < -0.39 is 15.1 Å². The van der Waals surface area contributed by atoms with Crippen molar-refractivity contribution in [3.63, 3.8) is 0 Å². The molecule has 1 aromatic heterocycles. The Balaban J connectivity index is 1.59. The van der Waals surface area contributed by atoms with E-state index in [2.05, 4.69) is 0 Å². The van der Waals surface area contributed by atoms with Crippen LogP contribution in [0.15, 0.2) is 35.7 Å². The highest BCUT2D eigenvalue weighted by atomic mass is 32.2. The van der Waals surface area contributed by atoms with E-state index in [-0.39, 0.29) is 18.2 Å². The van der Waals surface area contributed by atoms with Crippen LogP contribution in [0.1, 0.15) is 26.9 Å². The monoisotopic (exact) mass is 393 g/mol. The molecule has 0 radical (unpaired) electrons. The second-order valence-corrected chi connectivity index (χ2v) is 9.56. The SMILES string of the molecule is O=C(c1cccc2c1OCCO2)N1CCC(c2cccs2)S(=O)(=O)CC1. The molecule has 2 aromatic rings. The van der Waals surface area contributed by atoms with Crippen LogP contribution in [0, 0.1) is 0 Å². The molecular weight excluding hydrogens is 374 g/mol. The lowest BCUT2D eigenvalue weighted by Crippen LogP contribution is -2.34. The Hall–Kier alpha value is -2.06. The molecule has 138 valence electrons. The summed E-state index contributed by atoms with van der Waals surface area (Å²) in [6.45, 7) is 1.43. The number of fused-ring (bicyclic) bond motifs is 1. The third-order valence-corrected chi connectivity index (χ3v) is 7.93. The normalized spacial score (nSPS) is 21.8. The van der Waals surface area contributed by atoms with Gasteiger partial charge in [-0.25, -0.2) is 8.42 Å². The molecule has 0 aliphatic carbocycles. The predicted molar refractivity (Wildman–Crippen MR) is 98.8 cm³/mol. The van der Waals surface area contributed by atoms with Gasteiger partial charge in [0.1, 0.15) is 13.2 Å². The Morgan fingerprint density at radius 1 is 1.12 bits per heavy atom. The quantitative estimate of drug-likeness (QED) is 0.784. The highest BCUT2D eigenvalue weighted by Gasteiger charge is 2.34. The van der Waals surface area contributed by atoms with Crippen LogP contribution in [0.5, 0.6) is 11.5 Å². The van der Waals surface area contributed by atoms with Gasteiger partial charge in [0.05, 0.1) is 16.6 Å². The van der Waals surface area contributed by atoms with Crippen LogP contribution in [0.25, 0.3) is 0 Å². The number of nitrogens with zero attached hydrogens (tertiary/aromatic N) is 1. The lowest BCUT2D eigenvalue weighted by molar-refractivity contribution is 0.0756. The Labute approximate surface area is 156 Å². The summed E-state index contributed by atoms with van der Waals surface area (Å²) in [5, 5.41) is 1.34. The molecule has 26 heavy (non-hydrogen) atoms. The number of carbonyl (C=O) groups excluding carboxylic acids is 1. The van der Waals surface area contributed by atoms with Gasteiger partial charge in [0.25, 0.3) is 5.91 Å². The molecule has 2 aliphatic rings. The van der Waals surface area contributed by atoms with Crippen molar-refractivity contribution in [1.82, 2.24) is 4.90 Å². The van der Waals surface area contributed by atoms with Gasteiger partial charge in [0, 0.05) is 18.0 Å². The van der Waals surface area contributed by atoms with E-state index in [0.717, 1.165) is 4.88 Å². The fourth-order valence-electron chi connectivity index (χ4n) is 3.35. The number of para-hydroxylation sites is 1. The maximum Gasteiger partial charge on any atom is 0.257 e. The first-order valence-corrected chi connectivity index (χ1v) is 11.1. The maximum atomic E-state index is 13.0. The van der Waals surface area contributed by atoms with Gasteiger partial charge < -0.3 is 14.4 Å². The number of amides is 1. The maximum absolute atomic E-state index is 13.0. The van der Waals surface area contributed by atoms with Crippen molar-refractivity contribution in [2.75, 3.05) is 32.1 Å². The fraction of sp³-hybridized carbons (Fsp3) is 0.389. The van der Waals surface area contributed by atoms with Crippen molar-refractivity contribution in [3.05, 3.63) is 46.2 Å². The van der Waals surface area contributed by atoms with Crippen molar-refractivity contribution >= 4 is 27.1 Å². The lowest BCUT2D eigenvalue weighted by atomic mass is 10.1. The minimum Gasteiger partial charge on any atom is -0.486 e. The van der Waals surface area contributed by atoms with Crippen LogP contribution in [-0.4, -0.2) is 51.3 Å². The molecule has 0 N–H and O–H groups in total. The van der Waals surface area contributed by atoms with E-state index in [1.165, 1.54) is 11.3 Å². The predicted octanol–water partition coefficient (Wildman–Crippen LogP) is 2.52. The van der Waals surface area contributed by atoms with Gasteiger partial charge in [-0.2, -0.15) is 0 Å². The van der Waals surface area contributed by atoms with Crippen LogP contribution in [0.2, 0.25) is 0 Å². The van der Waals surface area contributed by atoms with E-state index in [1.54, 1.807) is 23.1 Å². The Bertz CT molecular complexity index is 908. The number of rotatable bonds is 2. The van der Waals surface area contributed by atoms with E-state index in [0.29, 0.717) is 43.2 Å². The molecule has 1 amide bonds. The lowest BCUT2D eigenvalue weighted by Gasteiger charge is -2.24. The second-order valence-electron chi connectivity index (χ2n) is 6.28. The largest absolute Gasteiger partial charge is 0.486 e. The van der Waals surface area contributed by atoms with E-state index in [9.17, 15) is 13.2 Å². The van der Waals surface area contributed by atoms with Gasteiger partial charge in [-0.3, -0.25) is 4.79 Å². The summed E-state index contributed by atoms with van der Waals surface area (Å²) in [5.41, 5.74) is 0.425. The standard InChI is InChI=1S/C18H19NO5S2/c20-18(13-3-1-4-14-17(13)24-10-9-23-14)19-7-6-16(15-5-2-11-25-15)26(21,22)12-8-19/h1-5,11,16H,6-10,12H2. The van der Waals surface area contributed by atoms with Gasteiger partial charge in [-0.15, -0.1) is 11.3 Å². The smallest absolute Gasteiger partial charge is 0.257 e. The summed E-state index contributed by atoms with van der Waals surface area (Å²) in [5.74, 6) is 0.759. The van der Waals surface area contributed by atoms with E-state index in [1.807, 2.05) is 17.5 Å². The van der Waals surface area contributed by atoms with E-state index in [4.69, 9.17) is 9.47 Å². The second kappa shape index (κ2) is 6.92. The van der Waals surface area contributed by atoms with Crippen molar-refractivity contribution in [2.24, 2.45) is 0 Å². The average Bonchev–Trinajstić information content (AvgIpc) is 3.12. The highest BCUT2D eigenvalue weighted by Crippen LogP contribution is 2.36. The minimum atomic E-state index is -3.29. The number of carbonyl (C=O) groups is 1. The number of hydrogen-bond donors (Lipinski definition) is 0. The third-order valence-electron chi connectivity index (χ3n) is 4.68. The van der Waals surface area contributed by atoms with Crippen molar-refractivity contribution in [1.29, 1.82) is 0 Å². The number of hydrogen-bond acceptors (Lipinski definition) is 6. The first-order valence-electron chi connectivity index (χ1n) is 8.49. The molecule has 4 rings (SSSR count). The highest BCUT2D eigenvalue weighted by molar-refractivity contribution is 7.91. The molecule has 0 bridgehead atoms. The molecule has 3 heterocycles. The van der Waals surface area contributed by atoms with Crippen LogP contribution >= 0.6 is 11.3 Å². The van der Waals surface area contributed by atoms with Gasteiger partial charge in [0.2, 0.25) is 0 Å². The van der Waals surface area contributed by atoms with Gasteiger partial charge >= 0.3 is 0 Å². The fourth-order valence-corrected chi connectivity index (χ4v) is 6.36. The molecule has 1 atom stereocenters. The summed E-state index contributed by atoms with van der Waals surface area (Å²) in [7, 11) is -3.29. The number of thiophene rings is 1. The van der Waals surface area contributed by atoms with Crippen molar-refractivity contribution in [2.45, 2.75) is 11.7 Å². The number of sulfone groups is 1. The number of ether oxygens (including phenoxy) is 2. The molecule has 1 saturated heterocycles. The first-order chi connectivity index (χ1) is 12.6. The van der Waals surface area contributed by atoms with Gasteiger partial charge in [-0.05, 0) is 30.0 Å². The van der Waals surface area contributed by atoms with Crippen LogP contribution in [0.3, 0.4) is 0 Å². The molecule has 6 nitrogen and oxygen atoms in total. The molecule has 2 aliphatic heterocycles. The zero-order valence-electron chi connectivity index (χ0n) is 14.1. The molecule has 1 aromatic carbocycles. The summed E-state index contributed by atoms with van der Waals surface area (Å²) in [4.78, 5) is 15.5. The topological polar surface area (TPSA) is 72.9 Å². The van der Waals surface area contributed by atoms with Crippen LogP contribution in [0.4, 0.5) is 0 Å². The average molecular weight is 393 g/mol. The zero-order chi connectivity index (χ0) is 18.1. The minimum absolute atomic E-state index is 0.0340. The summed E-state index contributed by atoms with van der Waals surface area (Å²) < 4.78 is 36.5. The number of benzene rings is 1. The summed E-state index contributed by atoms with van der Waals surface area (Å²) >= 11 is 1.45. The molecular formula is C18H19NO5S2. The van der Waals surface area contributed by atoms with E-state index >= 15 is 0 Å². The zero-order valence-corrected chi connectivity index (χ0v) is 15.7. The molecule has 0 spiro atoms. The van der Waals surface area contributed by atoms with Crippen LogP contribution < -0.4 is 9.47 Å². The molecule has 8 heteroatoms. The third kappa shape index (κ3) is 3.19. The molecule has 1 unspecified atom stereocenters. The van der Waals surface area contributed by atoms with Crippen molar-refractivity contribution in [3.8, 4) is 11.5 Å². The Morgan fingerprint density at radius 3 is 2.77 bits per heavy atom. The Kier molecular flexibility index (Phi) is 4.62. The Morgan fingerprint density at radius 2 is 1.96 bits per heavy atom. The molecule has 1 fully saturated rings.